The van der Waals surface area contributed by atoms with Crippen LogP contribution in [-0.2, 0) is 0 Å². The lowest BCUT2D eigenvalue weighted by molar-refractivity contribution is -0.00654. The SMILES string of the molecule is C[C@@]12CC[C@@H](C[C@@H](n3c(=O)c(C(=O)O)nc4ccccc43)C1)N2C1CCCCCCC1. The predicted octanol–water partition coefficient (Wildman–Crippen LogP) is 4.77. The third-order valence-electron chi connectivity index (χ3n) is 8.08. The van der Waals surface area contributed by atoms with E-state index in [0.29, 0.717) is 17.6 Å². The molecule has 6 heteroatoms. The maximum absolute atomic E-state index is 13.2. The maximum Gasteiger partial charge on any atom is 0.360 e. The minimum Gasteiger partial charge on any atom is -0.476 e. The number of carboxylic acid groups (broad SMARTS) is 1. The zero-order valence-electron chi connectivity index (χ0n) is 18.4. The summed E-state index contributed by atoms with van der Waals surface area (Å²) in [5.41, 5.74) is 0.589. The van der Waals surface area contributed by atoms with Gasteiger partial charge in [0.15, 0.2) is 0 Å². The minimum absolute atomic E-state index is 0.0146. The second-order valence-electron chi connectivity index (χ2n) is 10.1. The lowest BCUT2D eigenvalue weighted by atomic mass is 9.83. The summed E-state index contributed by atoms with van der Waals surface area (Å²) in [7, 11) is 0. The van der Waals surface area contributed by atoms with Crippen molar-refractivity contribution in [3.8, 4) is 0 Å². The smallest absolute Gasteiger partial charge is 0.360 e. The van der Waals surface area contributed by atoms with E-state index in [1.807, 2.05) is 18.2 Å². The molecule has 3 heterocycles. The molecule has 0 radical (unpaired) electrons. The first-order valence-electron chi connectivity index (χ1n) is 12.0. The van der Waals surface area contributed by atoms with E-state index in [0.717, 1.165) is 24.8 Å². The summed E-state index contributed by atoms with van der Waals surface area (Å²) in [6.07, 6.45) is 13.5. The first-order valence-corrected chi connectivity index (χ1v) is 12.0. The van der Waals surface area contributed by atoms with E-state index in [2.05, 4.69) is 16.8 Å². The molecular formula is C25H33N3O3. The lowest BCUT2D eigenvalue weighted by Crippen LogP contribution is -2.56. The molecular weight excluding hydrogens is 390 g/mol. The van der Waals surface area contributed by atoms with Gasteiger partial charge in [-0.25, -0.2) is 9.78 Å². The highest BCUT2D eigenvalue weighted by Crippen LogP contribution is 2.50. The second kappa shape index (κ2) is 8.05. The highest BCUT2D eigenvalue weighted by Gasteiger charge is 2.51. The van der Waals surface area contributed by atoms with Gasteiger partial charge in [0.1, 0.15) is 0 Å². The Kier molecular flexibility index (Phi) is 5.37. The standard InChI is InChI=1S/C25H33N3O3/c1-25-14-13-18(28(25)17-9-5-3-2-4-6-10-17)15-19(16-25)27-21-12-8-7-11-20(21)26-22(23(27)29)24(30)31/h7-8,11-12,17-19H,2-6,9-10,13-16H2,1H3,(H,30,31)/t18-,19+,25+/m0/s1. The van der Waals surface area contributed by atoms with Crippen LogP contribution >= 0.6 is 0 Å². The number of fused-ring (bicyclic) bond motifs is 3. The number of aromatic carboxylic acids is 1. The number of nitrogens with zero attached hydrogens (tertiary/aromatic N) is 3. The minimum atomic E-state index is -1.24. The fourth-order valence-corrected chi connectivity index (χ4v) is 6.83. The van der Waals surface area contributed by atoms with E-state index >= 15 is 0 Å². The van der Waals surface area contributed by atoms with E-state index < -0.39 is 11.5 Å². The highest BCUT2D eigenvalue weighted by molar-refractivity contribution is 5.88. The van der Waals surface area contributed by atoms with E-state index in [4.69, 9.17) is 0 Å². The lowest BCUT2D eigenvalue weighted by Gasteiger charge is -2.50. The van der Waals surface area contributed by atoms with Crippen LogP contribution in [0.4, 0.5) is 0 Å². The van der Waals surface area contributed by atoms with Gasteiger partial charge < -0.3 is 9.67 Å². The topological polar surface area (TPSA) is 75.4 Å². The predicted molar refractivity (Wildman–Crippen MR) is 121 cm³/mol. The molecule has 5 rings (SSSR count). The Morgan fingerprint density at radius 2 is 1.74 bits per heavy atom. The van der Waals surface area contributed by atoms with E-state index in [1.165, 1.54) is 51.4 Å². The summed E-state index contributed by atoms with van der Waals surface area (Å²) >= 11 is 0. The number of carbonyl (C=O) groups is 1. The van der Waals surface area contributed by atoms with Crippen LogP contribution in [0.1, 0.15) is 94.1 Å². The summed E-state index contributed by atoms with van der Waals surface area (Å²) in [5, 5.41) is 9.59. The Morgan fingerprint density at radius 3 is 2.45 bits per heavy atom. The van der Waals surface area contributed by atoms with Gasteiger partial charge in [-0.1, -0.05) is 44.2 Å². The van der Waals surface area contributed by atoms with Gasteiger partial charge in [0.2, 0.25) is 5.69 Å². The number of piperidine rings is 1. The van der Waals surface area contributed by atoms with Crippen LogP contribution in [0, 0.1) is 0 Å². The molecule has 0 spiro atoms. The normalized spacial score (nSPS) is 30.2. The van der Waals surface area contributed by atoms with Gasteiger partial charge in [-0.3, -0.25) is 9.69 Å². The fourth-order valence-electron chi connectivity index (χ4n) is 6.83. The summed E-state index contributed by atoms with van der Waals surface area (Å²) in [5.74, 6) is -1.24. The van der Waals surface area contributed by atoms with Crippen molar-refractivity contribution in [2.75, 3.05) is 0 Å². The van der Waals surface area contributed by atoms with Crippen molar-refractivity contribution in [2.45, 2.75) is 101 Å². The van der Waals surface area contributed by atoms with Crippen molar-refractivity contribution < 1.29 is 9.90 Å². The van der Waals surface area contributed by atoms with Crippen molar-refractivity contribution >= 4 is 17.0 Å². The molecule has 2 aliphatic heterocycles. The van der Waals surface area contributed by atoms with Crippen molar-refractivity contribution in [3.05, 3.63) is 40.3 Å². The Hall–Kier alpha value is -2.21. The molecule has 1 aliphatic carbocycles. The Labute approximate surface area is 183 Å². The molecule has 2 bridgehead atoms. The van der Waals surface area contributed by atoms with Gasteiger partial charge in [0.05, 0.1) is 11.0 Å². The number of benzene rings is 1. The number of carboxylic acids is 1. The van der Waals surface area contributed by atoms with Gasteiger partial charge in [-0.2, -0.15) is 0 Å². The molecule has 2 saturated heterocycles. The zero-order chi connectivity index (χ0) is 21.6. The first kappa shape index (κ1) is 20.7. The molecule has 2 aromatic rings. The van der Waals surface area contributed by atoms with Crippen LogP contribution < -0.4 is 5.56 Å². The van der Waals surface area contributed by atoms with Crippen molar-refractivity contribution in [1.29, 1.82) is 0 Å². The van der Waals surface area contributed by atoms with Gasteiger partial charge >= 0.3 is 5.97 Å². The average molecular weight is 424 g/mol. The van der Waals surface area contributed by atoms with Gasteiger partial charge in [-0.05, 0) is 57.6 Å². The molecule has 3 aliphatic rings. The summed E-state index contributed by atoms with van der Waals surface area (Å²) in [6.45, 7) is 2.38. The quantitative estimate of drug-likeness (QED) is 0.770. The number of hydrogen-bond donors (Lipinski definition) is 1. The molecule has 0 unspecified atom stereocenters. The van der Waals surface area contributed by atoms with E-state index in [9.17, 15) is 14.7 Å². The zero-order valence-corrected chi connectivity index (χ0v) is 18.4. The van der Waals surface area contributed by atoms with Crippen LogP contribution in [0.25, 0.3) is 11.0 Å². The monoisotopic (exact) mass is 423 g/mol. The van der Waals surface area contributed by atoms with Gasteiger partial charge in [-0.15, -0.1) is 0 Å². The van der Waals surface area contributed by atoms with Crippen LogP contribution in [0.15, 0.2) is 29.1 Å². The molecule has 0 amide bonds. The molecule has 166 valence electrons. The Morgan fingerprint density at radius 1 is 1.03 bits per heavy atom. The third kappa shape index (κ3) is 3.59. The molecule has 1 aromatic heterocycles. The molecule has 1 N–H and O–H groups in total. The summed E-state index contributed by atoms with van der Waals surface area (Å²) < 4.78 is 1.76. The van der Waals surface area contributed by atoms with Crippen molar-refractivity contribution in [2.24, 2.45) is 0 Å². The van der Waals surface area contributed by atoms with Crippen molar-refractivity contribution in [3.63, 3.8) is 0 Å². The highest BCUT2D eigenvalue weighted by atomic mass is 16.4. The van der Waals surface area contributed by atoms with Crippen LogP contribution in [0.3, 0.4) is 0 Å². The van der Waals surface area contributed by atoms with E-state index in [1.54, 1.807) is 10.6 Å². The summed E-state index contributed by atoms with van der Waals surface area (Å²) in [4.78, 5) is 32.0. The Bertz CT molecular complexity index is 1040. The number of para-hydroxylation sites is 2. The number of rotatable bonds is 3. The van der Waals surface area contributed by atoms with Gasteiger partial charge in [0, 0.05) is 23.7 Å². The number of aromatic nitrogens is 2. The van der Waals surface area contributed by atoms with Crippen molar-refractivity contribution in [1.82, 2.24) is 14.5 Å². The van der Waals surface area contributed by atoms with Crippen LogP contribution in [-0.4, -0.2) is 43.1 Å². The first-order chi connectivity index (χ1) is 15.0. The molecule has 31 heavy (non-hydrogen) atoms. The van der Waals surface area contributed by atoms with Crippen LogP contribution in [0.2, 0.25) is 0 Å². The molecule has 1 aromatic carbocycles. The maximum atomic E-state index is 13.2. The van der Waals surface area contributed by atoms with E-state index in [-0.39, 0.29) is 17.3 Å². The molecule has 1 saturated carbocycles. The molecule has 6 nitrogen and oxygen atoms in total. The average Bonchev–Trinajstić information content (AvgIpc) is 2.92. The third-order valence-corrected chi connectivity index (χ3v) is 8.08. The molecule has 3 fully saturated rings. The number of hydrogen-bond acceptors (Lipinski definition) is 4. The fraction of sp³-hybridized carbons (Fsp3) is 0.640. The van der Waals surface area contributed by atoms with Gasteiger partial charge in [0.25, 0.3) is 5.56 Å². The van der Waals surface area contributed by atoms with Crippen LogP contribution in [0.5, 0.6) is 0 Å². The second-order valence-corrected chi connectivity index (χ2v) is 10.1. The molecule has 3 atom stereocenters. The largest absolute Gasteiger partial charge is 0.476 e. The summed E-state index contributed by atoms with van der Waals surface area (Å²) in [6, 6.07) is 8.59. The Balaban J connectivity index is 1.52.